The lowest BCUT2D eigenvalue weighted by molar-refractivity contribution is 0.0723. The zero-order chi connectivity index (χ0) is 20.7. The molecule has 7 nitrogen and oxygen atoms in total. The second kappa shape index (κ2) is 7.40. The Hall–Kier alpha value is -3.48. The summed E-state index contributed by atoms with van der Waals surface area (Å²) in [6.45, 7) is 3.80. The van der Waals surface area contributed by atoms with Crippen molar-refractivity contribution in [3.63, 3.8) is 0 Å². The van der Waals surface area contributed by atoms with Crippen LogP contribution in [0.25, 0.3) is 0 Å². The highest BCUT2D eigenvalue weighted by atomic mass is 16.7. The van der Waals surface area contributed by atoms with Gasteiger partial charge in [-0.25, -0.2) is 0 Å². The number of amides is 1. The van der Waals surface area contributed by atoms with Gasteiger partial charge in [-0.1, -0.05) is 18.2 Å². The number of ether oxygens (including phenoxy) is 3. The Morgan fingerprint density at radius 3 is 2.50 bits per heavy atom. The molecule has 0 unspecified atom stereocenters. The summed E-state index contributed by atoms with van der Waals surface area (Å²) >= 11 is 0. The fraction of sp³-hybridized carbons (Fsp3) is 0.304. The first-order valence-electron chi connectivity index (χ1n) is 10.00. The predicted octanol–water partition coefficient (Wildman–Crippen LogP) is 3.23. The average Bonchev–Trinajstić information content (AvgIpc) is 3.46. The summed E-state index contributed by atoms with van der Waals surface area (Å²) in [5.41, 5.74) is 4.62. The van der Waals surface area contributed by atoms with E-state index in [-0.39, 0.29) is 12.7 Å². The minimum Gasteiger partial charge on any atom is -0.493 e. The first-order valence-corrected chi connectivity index (χ1v) is 10.00. The van der Waals surface area contributed by atoms with Crippen molar-refractivity contribution < 1.29 is 19.0 Å². The van der Waals surface area contributed by atoms with Gasteiger partial charge in [-0.3, -0.25) is 9.48 Å². The van der Waals surface area contributed by atoms with Crippen molar-refractivity contribution in [1.29, 1.82) is 0 Å². The van der Waals surface area contributed by atoms with Crippen LogP contribution in [0.4, 0.5) is 0 Å². The Kier molecular flexibility index (Phi) is 4.58. The third kappa shape index (κ3) is 3.47. The second-order valence-corrected chi connectivity index (χ2v) is 7.68. The van der Waals surface area contributed by atoms with Gasteiger partial charge >= 0.3 is 0 Å². The topological polar surface area (TPSA) is 65.8 Å². The smallest absolute Gasteiger partial charge is 0.274 e. The van der Waals surface area contributed by atoms with Gasteiger partial charge in [0, 0.05) is 32.3 Å². The zero-order valence-electron chi connectivity index (χ0n) is 17.1. The molecule has 154 valence electrons. The highest BCUT2D eigenvalue weighted by Gasteiger charge is 2.22. The van der Waals surface area contributed by atoms with E-state index >= 15 is 0 Å². The Bertz CT molecular complexity index is 1040. The predicted molar refractivity (Wildman–Crippen MR) is 110 cm³/mol. The summed E-state index contributed by atoms with van der Waals surface area (Å²) in [7, 11) is 1.84. The van der Waals surface area contributed by atoms with Crippen LogP contribution in [0.5, 0.6) is 17.2 Å². The summed E-state index contributed by atoms with van der Waals surface area (Å²) in [4.78, 5) is 15.2. The van der Waals surface area contributed by atoms with Crippen LogP contribution in [0, 0.1) is 6.92 Å². The number of rotatable bonds is 5. The molecule has 7 heteroatoms. The van der Waals surface area contributed by atoms with E-state index in [0.717, 1.165) is 34.7 Å². The number of hydrogen-bond acceptors (Lipinski definition) is 5. The van der Waals surface area contributed by atoms with Crippen molar-refractivity contribution in [2.75, 3.05) is 13.4 Å². The van der Waals surface area contributed by atoms with Gasteiger partial charge in [0.05, 0.1) is 6.61 Å². The monoisotopic (exact) mass is 405 g/mol. The van der Waals surface area contributed by atoms with E-state index in [4.69, 9.17) is 14.2 Å². The van der Waals surface area contributed by atoms with E-state index < -0.39 is 0 Å². The highest BCUT2D eigenvalue weighted by Crippen LogP contribution is 2.33. The SMILES string of the molecule is Cc1cc(C(=O)N(Cc2ccc3c(c2)CCO3)Cc2ccc3c(c2)OCO3)nn1C. The van der Waals surface area contributed by atoms with E-state index in [1.165, 1.54) is 5.56 Å². The molecule has 0 bridgehead atoms. The highest BCUT2D eigenvalue weighted by molar-refractivity contribution is 5.92. The van der Waals surface area contributed by atoms with Gasteiger partial charge in [0.25, 0.3) is 5.91 Å². The Balaban J connectivity index is 1.44. The van der Waals surface area contributed by atoms with Gasteiger partial charge in [-0.15, -0.1) is 0 Å². The lowest BCUT2D eigenvalue weighted by Crippen LogP contribution is -2.30. The largest absolute Gasteiger partial charge is 0.493 e. The van der Waals surface area contributed by atoms with Crippen LogP contribution in [0.1, 0.15) is 32.9 Å². The third-order valence-electron chi connectivity index (χ3n) is 5.56. The van der Waals surface area contributed by atoms with Crippen LogP contribution in [-0.2, 0) is 26.6 Å². The van der Waals surface area contributed by atoms with Gasteiger partial charge in [0.1, 0.15) is 5.75 Å². The van der Waals surface area contributed by atoms with Crippen LogP contribution < -0.4 is 14.2 Å². The number of fused-ring (bicyclic) bond motifs is 2. The van der Waals surface area contributed by atoms with Crippen molar-refractivity contribution in [2.24, 2.45) is 7.05 Å². The standard InChI is InChI=1S/C23H23N3O4/c1-15-9-19(24-25(15)2)23(27)26(12-16-3-5-20-18(10-16)7-8-28-20)13-17-4-6-21-22(11-17)30-14-29-21/h3-6,9-11H,7-8,12-14H2,1-2H3. The van der Waals surface area contributed by atoms with Crippen LogP contribution in [-0.4, -0.2) is 34.0 Å². The van der Waals surface area contributed by atoms with E-state index in [1.54, 1.807) is 4.68 Å². The number of carbonyl (C=O) groups is 1. The maximum absolute atomic E-state index is 13.4. The van der Waals surface area contributed by atoms with E-state index in [9.17, 15) is 4.79 Å². The van der Waals surface area contributed by atoms with Gasteiger partial charge < -0.3 is 19.1 Å². The molecule has 0 atom stereocenters. The number of aromatic nitrogens is 2. The fourth-order valence-corrected chi connectivity index (χ4v) is 3.84. The first kappa shape index (κ1) is 18.5. The van der Waals surface area contributed by atoms with Gasteiger partial charge in [-0.05, 0) is 47.9 Å². The summed E-state index contributed by atoms with van der Waals surface area (Å²) in [5, 5.41) is 4.39. The van der Waals surface area contributed by atoms with Crippen molar-refractivity contribution in [1.82, 2.24) is 14.7 Å². The molecule has 2 aliphatic rings. The summed E-state index contributed by atoms with van der Waals surface area (Å²) in [6, 6.07) is 13.8. The molecule has 1 amide bonds. The molecular formula is C23H23N3O4. The molecule has 0 radical (unpaired) electrons. The first-order chi connectivity index (χ1) is 14.6. The number of hydrogen-bond donors (Lipinski definition) is 0. The molecule has 0 saturated heterocycles. The van der Waals surface area contributed by atoms with E-state index in [2.05, 4.69) is 11.2 Å². The molecule has 3 aromatic rings. The summed E-state index contributed by atoms with van der Waals surface area (Å²) < 4.78 is 18.2. The number of nitrogens with zero attached hydrogens (tertiary/aromatic N) is 3. The van der Waals surface area contributed by atoms with Crippen LogP contribution in [0.3, 0.4) is 0 Å². The van der Waals surface area contributed by atoms with Gasteiger partial charge in [0.15, 0.2) is 17.2 Å². The minimum absolute atomic E-state index is 0.104. The zero-order valence-corrected chi connectivity index (χ0v) is 17.1. The molecule has 0 fully saturated rings. The molecule has 5 rings (SSSR count). The Labute approximate surface area is 174 Å². The quantitative estimate of drug-likeness (QED) is 0.652. The molecule has 30 heavy (non-hydrogen) atoms. The molecular weight excluding hydrogens is 382 g/mol. The van der Waals surface area contributed by atoms with Crippen LogP contribution in [0.15, 0.2) is 42.5 Å². The number of aryl methyl sites for hydroxylation is 2. The van der Waals surface area contributed by atoms with E-state index in [1.807, 2.05) is 55.3 Å². The number of benzene rings is 2. The lowest BCUT2D eigenvalue weighted by Gasteiger charge is -2.22. The van der Waals surface area contributed by atoms with E-state index in [0.29, 0.717) is 31.1 Å². The van der Waals surface area contributed by atoms with Crippen LogP contribution >= 0.6 is 0 Å². The third-order valence-corrected chi connectivity index (χ3v) is 5.56. The number of carbonyl (C=O) groups excluding carboxylic acids is 1. The van der Waals surface area contributed by atoms with Crippen LogP contribution in [0.2, 0.25) is 0 Å². The van der Waals surface area contributed by atoms with Crippen molar-refractivity contribution in [3.8, 4) is 17.2 Å². The average molecular weight is 405 g/mol. The lowest BCUT2D eigenvalue weighted by atomic mass is 10.1. The van der Waals surface area contributed by atoms with Gasteiger partial charge in [0.2, 0.25) is 6.79 Å². The molecule has 3 heterocycles. The molecule has 2 aliphatic heterocycles. The normalized spacial score (nSPS) is 13.8. The van der Waals surface area contributed by atoms with Gasteiger partial charge in [-0.2, -0.15) is 5.10 Å². The summed E-state index contributed by atoms with van der Waals surface area (Å²) in [6.07, 6.45) is 0.902. The Morgan fingerprint density at radius 1 is 1.00 bits per heavy atom. The second-order valence-electron chi connectivity index (χ2n) is 7.68. The molecule has 0 N–H and O–H groups in total. The molecule has 0 saturated carbocycles. The fourth-order valence-electron chi connectivity index (χ4n) is 3.84. The van der Waals surface area contributed by atoms with Crippen molar-refractivity contribution in [2.45, 2.75) is 26.4 Å². The molecule has 1 aromatic heterocycles. The maximum atomic E-state index is 13.4. The maximum Gasteiger partial charge on any atom is 0.274 e. The Morgan fingerprint density at radius 2 is 1.73 bits per heavy atom. The molecule has 0 spiro atoms. The molecule has 2 aromatic carbocycles. The minimum atomic E-state index is -0.104. The van der Waals surface area contributed by atoms with Crippen molar-refractivity contribution >= 4 is 5.91 Å². The molecule has 0 aliphatic carbocycles. The van der Waals surface area contributed by atoms with Crippen molar-refractivity contribution in [3.05, 3.63) is 70.5 Å². The summed E-state index contributed by atoms with van der Waals surface area (Å²) in [5.74, 6) is 2.28.